The first-order valence-electron chi connectivity index (χ1n) is 23.9. The number of carbonyl (C=O) groups excluding carboxylic acids is 2. The summed E-state index contributed by atoms with van der Waals surface area (Å²) in [6, 6.07) is -0.955. The predicted molar refractivity (Wildman–Crippen MR) is 255 cm³/mol. The van der Waals surface area contributed by atoms with Crippen LogP contribution in [-0.4, -0.2) is 184 Å². The summed E-state index contributed by atoms with van der Waals surface area (Å²) in [7, 11) is 0. The monoisotopic (exact) mass is 935 g/mol. The second-order valence-electron chi connectivity index (χ2n) is 17.0. The number of rotatable bonds is 29. The second-order valence-corrected chi connectivity index (χ2v) is 17.0. The number of aromatic nitrogens is 9. The van der Waals surface area contributed by atoms with Crippen LogP contribution in [0.15, 0.2) is 17.4 Å². The molecular weight excluding hydrogens is 861 g/mol. The first-order valence-corrected chi connectivity index (χ1v) is 23.9. The summed E-state index contributed by atoms with van der Waals surface area (Å²) < 4.78 is 20.0. The van der Waals surface area contributed by atoms with Gasteiger partial charge in [-0.1, -0.05) is 56.9 Å². The van der Waals surface area contributed by atoms with E-state index < -0.39 is 12.1 Å². The highest BCUT2D eigenvalue weighted by Crippen LogP contribution is 2.27. The lowest BCUT2D eigenvalue weighted by molar-refractivity contribution is -0.137. The van der Waals surface area contributed by atoms with E-state index in [4.69, 9.17) is 52.8 Å². The Morgan fingerprint density at radius 2 is 1.22 bits per heavy atom. The summed E-state index contributed by atoms with van der Waals surface area (Å²) in [6.45, 7) is 16.3. The van der Waals surface area contributed by atoms with Crippen molar-refractivity contribution in [2.75, 3.05) is 127 Å². The van der Waals surface area contributed by atoms with Crippen LogP contribution in [0.1, 0.15) is 83.3 Å². The van der Waals surface area contributed by atoms with Crippen molar-refractivity contribution in [3.8, 4) is 12.3 Å². The molecule has 0 radical (unpaired) electrons. The van der Waals surface area contributed by atoms with E-state index >= 15 is 0 Å². The van der Waals surface area contributed by atoms with Crippen LogP contribution in [-0.2, 0) is 36.6 Å². The van der Waals surface area contributed by atoms with Gasteiger partial charge in [-0.2, -0.15) is 15.0 Å². The number of aliphatic imine (C=N–C) groups is 1. The van der Waals surface area contributed by atoms with E-state index in [9.17, 15) is 9.59 Å². The van der Waals surface area contributed by atoms with Crippen molar-refractivity contribution in [2.45, 2.75) is 84.7 Å². The van der Waals surface area contributed by atoms with Crippen LogP contribution in [0.2, 0.25) is 0 Å². The molecule has 3 aromatic rings. The van der Waals surface area contributed by atoms with Gasteiger partial charge < -0.3 is 56.3 Å². The van der Waals surface area contributed by atoms with Gasteiger partial charge in [0.2, 0.25) is 29.7 Å². The number of terminal acetylenes is 1. The van der Waals surface area contributed by atoms with Crippen molar-refractivity contribution < 1.29 is 23.8 Å². The fourth-order valence-corrected chi connectivity index (χ4v) is 7.88. The molecule has 23 heteroatoms. The Balaban J connectivity index is 1.24. The number of piperazine rings is 2. The fourth-order valence-electron chi connectivity index (χ4n) is 7.88. The van der Waals surface area contributed by atoms with E-state index in [1.54, 1.807) is 9.36 Å². The minimum Gasteiger partial charge on any atom is -0.377 e. The molecule has 4 atom stereocenters. The van der Waals surface area contributed by atoms with Gasteiger partial charge >= 0.3 is 0 Å². The minimum absolute atomic E-state index is 0.00188. The van der Waals surface area contributed by atoms with Crippen molar-refractivity contribution in [2.24, 2.45) is 34.0 Å². The lowest BCUT2D eigenvalue weighted by Gasteiger charge is -2.38. The van der Waals surface area contributed by atoms with Crippen LogP contribution >= 0.6 is 0 Å². The number of guanidine groups is 1. The molecule has 3 aromatic heterocycles. The Morgan fingerprint density at radius 3 is 1.70 bits per heavy atom. The summed E-state index contributed by atoms with van der Waals surface area (Å²) in [5.74, 6) is 4.02. The standard InChI is InChI=1S/C44H74N18O5/c1-6-25-65-27-29-67-30-28-66-26-16-49-42-50-43(59-21-17-57(18-22-59)39(63)37(33(4)7-2)61-31-35(53-55-61)12-9-10-14-45)52-44(51-42)60-23-19-58(20-24-60)40(64)38(34(5)8-3)62-32-36(54-56-62)13-11-15-48-41(46)47/h1,31-34,37-38H,7-30,45H2,2-5H3,(H4,46,47,48)(H,49,50,51,52)/t33-,34-,37-,38-/m0/s1. The fraction of sp³-hybridized carbons (Fsp3) is 0.727. The second kappa shape index (κ2) is 27.8. The zero-order valence-electron chi connectivity index (χ0n) is 40.0. The van der Waals surface area contributed by atoms with Crippen LogP contribution in [0.5, 0.6) is 0 Å². The molecule has 370 valence electrons. The van der Waals surface area contributed by atoms with Crippen LogP contribution in [0.3, 0.4) is 0 Å². The van der Waals surface area contributed by atoms with Gasteiger partial charge in [-0.05, 0) is 50.5 Å². The number of nitrogens with one attached hydrogen (secondary N) is 1. The molecule has 2 fully saturated rings. The Labute approximate surface area is 394 Å². The summed E-state index contributed by atoms with van der Waals surface area (Å²) in [5.41, 5.74) is 18.3. The zero-order chi connectivity index (χ0) is 48.0. The van der Waals surface area contributed by atoms with Crippen LogP contribution < -0.4 is 32.3 Å². The topological polar surface area (TPSA) is 277 Å². The van der Waals surface area contributed by atoms with Crippen molar-refractivity contribution in [1.82, 2.24) is 54.7 Å². The van der Waals surface area contributed by atoms with Crippen LogP contribution in [0, 0.1) is 24.2 Å². The third-order valence-corrected chi connectivity index (χ3v) is 12.1. The number of anilines is 3. The SMILES string of the molecule is C#CCOCCOCCOCCNc1nc(N2CCN(C(=O)[C@H]([C@@H](C)CC)n3cc(CCCCN)nn3)CC2)nc(N2CCN(C(=O)[C@H]([C@@H](C)CC)n3cc(CCCN=C(N)N)nn3)CC2)n1. The van der Waals surface area contributed by atoms with Gasteiger partial charge in [0.15, 0.2) is 5.96 Å². The molecule has 5 heterocycles. The van der Waals surface area contributed by atoms with E-state index in [0.717, 1.165) is 43.5 Å². The first kappa shape index (κ1) is 52.3. The van der Waals surface area contributed by atoms with Crippen molar-refractivity contribution in [1.29, 1.82) is 0 Å². The number of hydrogen-bond donors (Lipinski definition) is 4. The molecule has 23 nitrogen and oxygen atoms in total. The molecule has 0 aliphatic carbocycles. The predicted octanol–water partition coefficient (Wildman–Crippen LogP) is 0.509. The zero-order valence-corrected chi connectivity index (χ0v) is 40.0. The van der Waals surface area contributed by atoms with Crippen molar-refractivity contribution >= 4 is 35.6 Å². The maximum Gasteiger partial charge on any atom is 0.247 e. The van der Waals surface area contributed by atoms with E-state index in [1.165, 1.54) is 0 Å². The lowest BCUT2D eigenvalue weighted by Crippen LogP contribution is -2.52. The molecule has 5 rings (SSSR count). The summed E-state index contributed by atoms with van der Waals surface area (Å²) in [6.07, 6.45) is 14.6. The number of unbranched alkanes of at least 4 members (excludes halogenated alkanes) is 1. The van der Waals surface area contributed by atoms with Gasteiger partial charge in [0.05, 0.1) is 44.4 Å². The van der Waals surface area contributed by atoms with E-state index in [1.807, 2.05) is 22.2 Å². The number of aryl methyl sites for hydroxylation is 2. The average Bonchev–Trinajstić information content (AvgIpc) is 4.02. The van der Waals surface area contributed by atoms with Gasteiger partial charge in [-0.25, -0.2) is 9.36 Å². The molecule has 2 aliphatic rings. The summed E-state index contributed by atoms with van der Waals surface area (Å²) >= 11 is 0. The lowest BCUT2D eigenvalue weighted by atomic mass is 9.97. The Morgan fingerprint density at radius 1 is 0.731 bits per heavy atom. The Hall–Kier alpha value is -5.70. The number of hydrogen-bond acceptors (Lipinski definition) is 17. The smallest absolute Gasteiger partial charge is 0.247 e. The minimum atomic E-state index is -0.497. The van der Waals surface area contributed by atoms with Gasteiger partial charge in [0.25, 0.3) is 0 Å². The van der Waals surface area contributed by atoms with Crippen molar-refractivity contribution in [3.63, 3.8) is 0 Å². The molecular formula is C44H74N18O5. The van der Waals surface area contributed by atoms with Gasteiger partial charge in [-0.3, -0.25) is 14.6 Å². The Kier molecular flexibility index (Phi) is 21.7. The van der Waals surface area contributed by atoms with Gasteiger partial charge in [0.1, 0.15) is 18.7 Å². The molecule has 67 heavy (non-hydrogen) atoms. The number of nitrogens with two attached hydrogens (primary N) is 3. The molecule has 0 spiro atoms. The largest absolute Gasteiger partial charge is 0.377 e. The number of nitrogens with zero attached hydrogens (tertiary/aromatic N) is 14. The number of amides is 2. The maximum atomic E-state index is 14.2. The molecule has 0 saturated carbocycles. The maximum absolute atomic E-state index is 14.2. The molecule has 0 unspecified atom stereocenters. The van der Waals surface area contributed by atoms with E-state index in [2.05, 4.69) is 74.3 Å². The van der Waals surface area contributed by atoms with Gasteiger partial charge in [0, 0.05) is 77.8 Å². The highest BCUT2D eigenvalue weighted by Gasteiger charge is 2.36. The quantitative estimate of drug-likeness (QED) is 0.0319. The highest BCUT2D eigenvalue weighted by atomic mass is 16.5. The average molecular weight is 935 g/mol. The third-order valence-electron chi connectivity index (χ3n) is 12.1. The normalized spacial score (nSPS) is 16.1. The van der Waals surface area contributed by atoms with Gasteiger partial charge in [-0.15, -0.1) is 16.6 Å². The highest BCUT2D eigenvalue weighted by molar-refractivity contribution is 5.81. The van der Waals surface area contributed by atoms with Crippen LogP contribution in [0.25, 0.3) is 0 Å². The third kappa shape index (κ3) is 16.0. The number of carbonyl (C=O) groups is 2. The first-order chi connectivity index (χ1) is 32.6. The summed E-state index contributed by atoms with van der Waals surface area (Å²) in [5, 5.41) is 20.9. The van der Waals surface area contributed by atoms with E-state index in [0.29, 0.717) is 136 Å². The van der Waals surface area contributed by atoms with Crippen LogP contribution in [0.4, 0.5) is 17.8 Å². The summed E-state index contributed by atoms with van der Waals surface area (Å²) in [4.78, 5) is 55.1. The molecule has 2 saturated heterocycles. The Bertz CT molecular complexity index is 2000. The number of ether oxygens (including phenoxy) is 3. The molecule has 2 amide bonds. The molecule has 0 aromatic carbocycles. The van der Waals surface area contributed by atoms with Crippen molar-refractivity contribution in [3.05, 3.63) is 23.8 Å². The molecule has 7 N–H and O–H groups in total. The molecule has 0 bridgehead atoms. The molecule has 2 aliphatic heterocycles. The van der Waals surface area contributed by atoms with E-state index in [-0.39, 0.29) is 36.2 Å².